The van der Waals surface area contributed by atoms with Crippen LogP contribution < -0.4 is 5.43 Å². The van der Waals surface area contributed by atoms with E-state index < -0.39 is 0 Å². The summed E-state index contributed by atoms with van der Waals surface area (Å²) < 4.78 is 2.15. The predicted molar refractivity (Wildman–Crippen MR) is 136 cm³/mol. The van der Waals surface area contributed by atoms with Crippen LogP contribution >= 0.6 is 11.8 Å². The summed E-state index contributed by atoms with van der Waals surface area (Å²) in [6.07, 6.45) is 1.69. The second-order valence-corrected chi connectivity index (χ2v) is 8.55. The Labute approximate surface area is 196 Å². The van der Waals surface area contributed by atoms with Gasteiger partial charge in [-0.2, -0.15) is 5.10 Å². The molecule has 0 radical (unpaired) electrons. The third kappa shape index (κ3) is 4.81. The van der Waals surface area contributed by atoms with Crippen molar-refractivity contribution >= 4 is 45.7 Å². The van der Waals surface area contributed by atoms with Crippen LogP contribution in [0, 0.1) is 0 Å². The van der Waals surface area contributed by atoms with Crippen LogP contribution in [-0.2, 0) is 11.3 Å². The minimum Gasteiger partial charge on any atom is -0.314 e. The first kappa shape index (κ1) is 21.0. The highest BCUT2D eigenvalue weighted by atomic mass is 32.2. The van der Waals surface area contributed by atoms with Crippen LogP contribution in [0.5, 0.6) is 0 Å². The Morgan fingerprint density at radius 3 is 2.58 bits per heavy atom. The minimum atomic E-state index is -0.171. The Bertz CT molecular complexity index is 1440. The van der Waals surface area contributed by atoms with Gasteiger partial charge < -0.3 is 4.57 Å². The van der Waals surface area contributed by atoms with Crippen molar-refractivity contribution in [2.45, 2.75) is 11.7 Å². The molecular formula is C27H22N4OS. The Kier molecular flexibility index (Phi) is 6.17. The number of nitrogens with one attached hydrogen (secondary N) is 1. The van der Waals surface area contributed by atoms with Gasteiger partial charge in [0.15, 0.2) is 5.16 Å². The number of nitrogens with zero attached hydrogens (tertiary/aromatic N) is 3. The van der Waals surface area contributed by atoms with Crippen LogP contribution in [0.3, 0.4) is 0 Å². The molecule has 0 aliphatic rings. The molecule has 0 fully saturated rings. The first-order valence-corrected chi connectivity index (χ1v) is 11.7. The van der Waals surface area contributed by atoms with Crippen molar-refractivity contribution in [3.05, 3.63) is 108 Å². The number of benzene rings is 4. The fraction of sp³-hybridized carbons (Fsp3) is 0.0741. The Morgan fingerprint density at radius 2 is 1.67 bits per heavy atom. The summed E-state index contributed by atoms with van der Waals surface area (Å²) in [5, 5.41) is 7.22. The summed E-state index contributed by atoms with van der Waals surface area (Å²) in [7, 11) is 0. The van der Waals surface area contributed by atoms with Gasteiger partial charge in [0.05, 0.1) is 29.5 Å². The number of imidazole rings is 1. The highest BCUT2D eigenvalue weighted by Gasteiger charge is 2.13. The van der Waals surface area contributed by atoms with E-state index in [2.05, 4.69) is 45.4 Å². The highest BCUT2D eigenvalue weighted by molar-refractivity contribution is 7.99. The Morgan fingerprint density at radius 1 is 0.909 bits per heavy atom. The van der Waals surface area contributed by atoms with E-state index in [-0.39, 0.29) is 11.7 Å². The topological polar surface area (TPSA) is 59.3 Å². The SMILES string of the molecule is O=C(CSc1nc2ccccc2n1Cc1ccccc1)N/N=C\c1cccc2ccccc12. The maximum atomic E-state index is 12.5. The molecular weight excluding hydrogens is 428 g/mol. The van der Waals surface area contributed by atoms with Gasteiger partial charge in [-0.1, -0.05) is 96.7 Å². The molecule has 0 atom stereocenters. The monoisotopic (exact) mass is 450 g/mol. The van der Waals surface area contributed by atoms with E-state index >= 15 is 0 Å². The lowest BCUT2D eigenvalue weighted by Crippen LogP contribution is -2.20. The standard InChI is InChI=1S/C27H22N4OS/c32-26(30-28-17-22-13-8-12-21-11-4-5-14-23(21)22)19-33-27-29-24-15-6-7-16-25(24)31(27)18-20-9-2-1-3-10-20/h1-17H,18-19H2,(H,30,32)/b28-17-. The number of carbonyl (C=O) groups excluding carboxylic acids is 1. The molecule has 0 saturated heterocycles. The summed E-state index contributed by atoms with van der Waals surface area (Å²) >= 11 is 1.41. The molecule has 4 aromatic carbocycles. The smallest absolute Gasteiger partial charge is 0.250 e. The summed E-state index contributed by atoms with van der Waals surface area (Å²) in [4.78, 5) is 17.2. The first-order chi connectivity index (χ1) is 16.3. The van der Waals surface area contributed by atoms with E-state index in [1.807, 2.05) is 66.7 Å². The molecule has 1 N–H and O–H groups in total. The Balaban J connectivity index is 1.28. The van der Waals surface area contributed by atoms with Crippen molar-refractivity contribution in [2.75, 3.05) is 5.75 Å². The average Bonchev–Trinajstić information content (AvgIpc) is 3.21. The number of hydrazone groups is 1. The molecule has 5 nitrogen and oxygen atoms in total. The maximum Gasteiger partial charge on any atom is 0.250 e. The van der Waals surface area contributed by atoms with Gasteiger partial charge in [-0.25, -0.2) is 10.4 Å². The molecule has 6 heteroatoms. The lowest BCUT2D eigenvalue weighted by molar-refractivity contribution is -0.118. The predicted octanol–water partition coefficient (Wildman–Crippen LogP) is 5.48. The van der Waals surface area contributed by atoms with Gasteiger partial charge in [0, 0.05) is 5.56 Å². The number of hydrogen-bond acceptors (Lipinski definition) is 4. The quantitative estimate of drug-likeness (QED) is 0.203. The average molecular weight is 451 g/mol. The molecule has 5 aromatic rings. The zero-order chi connectivity index (χ0) is 22.5. The number of rotatable bonds is 7. The zero-order valence-electron chi connectivity index (χ0n) is 17.9. The molecule has 1 amide bonds. The lowest BCUT2D eigenvalue weighted by atomic mass is 10.1. The van der Waals surface area contributed by atoms with Crippen LogP contribution in [0.15, 0.2) is 107 Å². The zero-order valence-corrected chi connectivity index (χ0v) is 18.7. The van der Waals surface area contributed by atoms with Gasteiger partial charge in [-0.15, -0.1) is 0 Å². The van der Waals surface area contributed by atoms with E-state index in [9.17, 15) is 4.79 Å². The largest absolute Gasteiger partial charge is 0.314 e. The number of carbonyl (C=O) groups is 1. The summed E-state index contributed by atoms with van der Waals surface area (Å²) in [5.74, 6) is 0.0557. The molecule has 0 aliphatic heterocycles. The second-order valence-electron chi connectivity index (χ2n) is 7.61. The molecule has 33 heavy (non-hydrogen) atoms. The molecule has 0 aliphatic carbocycles. The van der Waals surface area contributed by atoms with Gasteiger partial charge in [-0.05, 0) is 28.5 Å². The summed E-state index contributed by atoms with van der Waals surface area (Å²) in [6, 6.07) is 32.4. The molecule has 0 spiro atoms. The molecule has 0 unspecified atom stereocenters. The maximum absolute atomic E-state index is 12.5. The number of fused-ring (bicyclic) bond motifs is 2. The fourth-order valence-corrected chi connectivity index (χ4v) is 4.59. The molecule has 0 saturated carbocycles. The number of thioether (sulfide) groups is 1. The number of hydrogen-bond donors (Lipinski definition) is 1. The van der Waals surface area contributed by atoms with E-state index in [0.717, 1.165) is 32.5 Å². The van der Waals surface area contributed by atoms with Gasteiger partial charge in [0.1, 0.15) is 0 Å². The molecule has 1 aromatic heterocycles. The van der Waals surface area contributed by atoms with Crippen molar-refractivity contribution in [2.24, 2.45) is 5.10 Å². The summed E-state index contributed by atoms with van der Waals surface area (Å²) in [6.45, 7) is 0.699. The number of aromatic nitrogens is 2. The second kappa shape index (κ2) is 9.71. The van der Waals surface area contributed by atoms with Gasteiger partial charge in [0.25, 0.3) is 5.91 Å². The first-order valence-electron chi connectivity index (χ1n) is 10.7. The van der Waals surface area contributed by atoms with E-state index in [4.69, 9.17) is 4.98 Å². The van der Waals surface area contributed by atoms with Gasteiger partial charge in [-0.3, -0.25) is 4.79 Å². The van der Waals surface area contributed by atoms with Crippen LogP contribution in [-0.4, -0.2) is 27.4 Å². The fourth-order valence-electron chi connectivity index (χ4n) is 3.78. The molecule has 1 heterocycles. The molecule has 0 bridgehead atoms. The Hall–Kier alpha value is -3.90. The molecule has 5 rings (SSSR count). The highest BCUT2D eigenvalue weighted by Crippen LogP contribution is 2.25. The van der Waals surface area contributed by atoms with E-state index in [1.54, 1.807) is 6.21 Å². The van der Waals surface area contributed by atoms with E-state index in [1.165, 1.54) is 17.3 Å². The lowest BCUT2D eigenvalue weighted by Gasteiger charge is -2.09. The van der Waals surface area contributed by atoms with Crippen LogP contribution in [0.25, 0.3) is 21.8 Å². The van der Waals surface area contributed by atoms with Crippen LogP contribution in [0.1, 0.15) is 11.1 Å². The summed E-state index contributed by atoms with van der Waals surface area (Å²) in [5.41, 5.74) is 6.77. The van der Waals surface area contributed by atoms with Crippen molar-refractivity contribution in [3.8, 4) is 0 Å². The van der Waals surface area contributed by atoms with Gasteiger partial charge in [0.2, 0.25) is 0 Å². The number of para-hydroxylation sites is 2. The minimum absolute atomic E-state index is 0.171. The van der Waals surface area contributed by atoms with Crippen molar-refractivity contribution < 1.29 is 4.79 Å². The molecule has 162 valence electrons. The van der Waals surface area contributed by atoms with Crippen LogP contribution in [0.4, 0.5) is 0 Å². The normalized spacial score (nSPS) is 11.4. The van der Waals surface area contributed by atoms with Crippen molar-refractivity contribution in [1.82, 2.24) is 15.0 Å². The third-order valence-corrected chi connectivity index (χ3v) is 6.33. The van der Waals surface area contributed by atoms with Crippen molar-refractivity contribution in [3.63, 3.8) is 0 Å². The third-order valence-electron chi connectivity index (χ3n) is 5.35. The van der Waals surface area contributed by atoms with E-state index in [0.29, 0.717) is 6.54 Å². The number of amides is 1. The van der Waals surface area contributed by atoms with Crippen molar-refractivity contribution in [1.29, 1.82) is 0 Å². The van der Waals surface area contributed by atoms with Crippen LogP contribution in [0.2, 0.25) is 0 Å². The van der Waals surface area contributed by atoms with Gasteiger partial charge >= 0.3 is 0 Å².